The minimum atomic E-state index is -0.849. The zero-order valence-corrected chi connectivity index (χ0v) is 11.0. The minimum Gasteiger partial charge on any atom is -0.481 e. The van der Waals surface area contributed by atoms with Gasteiger partial charge in [0.2, 0.25) is 0 Å². The number of hydrogen-bond acceptors (Lipinski definition) is 3. The van der Waals surface area contributed by atoms with E-state index in [0.29, 0.717) is 16.3 Å². The summed E-state index contributed by atoms with van der Waals surface area (Å²) >= 11 is 5.89. The van der Waals surface area contributed by atoms with Crippen molar-refractivity contribution in [2.45, 2.75) is 13.8 Å². The highest BCUT2D eigenvalue weighted by Crippen LogP contribution is 2.24. The molecule has 96 valence electrons. The largest absolute Gasteiger partial charge is 0.481 e. The zero-order chi connectivity index (χ0) is 13.7. The predicted octanol–water partition coefficient (Wildman–Crippen LogP) is 2.98. The molecule has 0 aliphatic rings. The standard InChI is InChI=1S/C13H15ClN2O2/c1-8(2)10(13(17)18)7-16-12-5-3-4-11(14)9(12)6-15/h3-5,8,10,16H,7H2,1-2H3,(H,17,18). The molecule has 0 aromatic heterocycles. The lowest BCUT2D eigenvalue weighted by Crippen LogP contribution is -2.27. The Morgan fingerprint density at radius 3 is 2.72 bits per heavy atom. The quantitative estimate of drug-likeness (QED) is 0.859. The second-order valence-electron chi connectivity index (χ2n) is 4.34. The van der Waals surface area contributed by atoms with Gasteiger partial charge in [-0.3, -0.25) is 4.79 Å². The van der Waals surface area contributed by atoms with Crippen molar-refractivity contribution in [3.05, 3.63) is 28.8 Å². The number of aliphatic carboxylic acids is 1. The molecular weight excluding hydrogens is 252 g/mol. The molecule has 0 bridgehead atoms. The molecule has 0 saturated heterocycles. The van der Waals surface area contributed by atoms with Gasteiger partial charge in [-0.2, -0.15) is 5.26 Å². The molecule has 0 radical (unpaired) electrons. The minimum absolute atomic E-state index is 0.0136. The summed E-state index contributed by atoms with van der Waals surface area (Å²) in [5.41, 5.74) is 0.906. The van der Waals surface area contributed by atoms with Crippen LogP contribution in [0.5, 0.6) is 0 Å². The first-order valence-electron chi connectivity index (χ1n) is 5.62. The molecule has 4 nitrogen and oxygen atoms in total. The molecule has 0 aliphatic heterocycles. The molecule has 1 atom stereocenters. The van der Waals surface area contributed by atoms with Gasteiger partial charge in [0.15, 0.2) is 0 Å². The van der Waals surface area contributed by atoms with E-state index in [0.717, 1.165) is 0 Å². The maximum Gasteiger partial charge on any atom is 0.308 e. The molecule has 1 rings (SSSR count). The SMILES string of the molecule is CC(C)C(CNc1cccc(Cl)c1C#N)C(=O)O. The topological polar surface area (TPSA) is 73.1 Å². The highest BCUT2D eigenvalue weighted by atomic mass is 35.5. The van der Waals surface area contributed by atoms with Crippen LogP contribution in [0.25, 0.3) is 0 Å². The first kappa shape index (κ1) is 14.3. The number of hydrogen-bond donors (Lipinski definition) is 2. The smallest absolute Gasteiger partial charge is 0.308 e. The average molecular weight is 267 g/mol. The van der Waals surface area contributed by atoms with Crippen molar-refractivity contribution in [1.82, 2.24) is 0 Å². The first-order chi connectivity index (χ1) is 8.47. The van der Waals surface area contributed by atoms with Crippen molar-refractivity contribution >= 4 is 23.3 Å². The van der Waals surface area contributed by atoms with Crippen molar-refractivity contribution in [3.8, 4) is 6.07 Å². The highest BCUT2D eigenvalue weighted by molar-refractivity contribution is 6.32. The summed E-state index contributed by atoms with van der Waals surface area (Å²) in [6.45, 7) is 3.97. The summed E-state index contributed by atoms with van der Waals surface area (Å²) in [6.07, 6.45) is 0. The highest BCUT2D eigenvalue weighted by Gasteiger charge is 2.21. The predicted molar refractivity (Wildman–Crippen MR) is 70.6 cm³/mol. The summed E-state index contributed by atoms with van der Waals surface area (Å²) in [5, 5.41) is 21.4. The van der Waals surface area contributed by atoms with E-state index in [4.69, 9.17) is 22.0 Å². The van der Waals surface area contributed by atoms with E-state index < -0.39 is 11.9 Å². The molecule has 0 fully saturated rings. The Morgan fingerprint density at radius 1 is 1.56 bits per heavy atom. The molecule has 1 unspecified atom stereocenters. The van der Waals surface area contributed by atoms with Crippen LogP contribution in [-0.2, 0) is 4.79 Å². The van der Waals surface area contributed by atoms with Gasteiger partial charge in [-0.05, 0) is 18.1 Å². The summed E-state index contributed by atoms with van der Waals surface area (Å²) in [5.74, 6) is -1.34. The molecule has 0 aliphatic carbocycles. The average Bonchev–Trinajstić information content (AvgIpc) is 2.28. The number of carbonyl (C=O) groups is 1. The van der Waals surface area contributed by atoms with Gasteiger partial charge in [0.05, 0.1) is 22.2 Å². The van der Waals surface area contributed by atoms with E-state index in [1.807, 2.05) is 19.9 Å². The summed E-state index contributed by atoms with van der Waals surface area (Å²) in [6, 6.07) is 7.06. The van der Waals surface area contributed by atoms with Crippen LogP contribution < -0.4 is 5.32 Å². The van der Waals surface area contributed by atoms with Crippen molar-refractivity contribution < 1.29 is 9.90 Å². The van der Waals surface area contributed by atoms with Gasteiger partial charge in [-0.25, -0.2) is 0 Å². The summed E-state index contributed by atoms with van der Waals surface area (Å²) in [7, 11) is 0. The monoisotopic (exact) mass is 266 g/mol. The second-order valence-corrected chi connectivity index (χ2v) is 4.75. The van der Waals surface area contributed by atoms with Gasteiger partial charge in [-0.1, -0.05) is 31.5 Å². The lowest BCUT2D eigenvalue weighted by atomic mass is 9.96. The van der Waals surface area contributed by atoms with Gasteiger partial charge in [0.25, 0.3) is 0 Å². The molecule has 1 aromatic rings. The maximum absolute atomic E-state index is 11.1. The third kappa shape index (κ3) is 3.38. The van der Waals surface area contributed by atoms with E-state index in [-0.39, 0.29) is 12.5 Å². The fraction of sp³-hybridized carbons (Fsp3) is 0.385. The van der Waals surface area contributed by atoms with E-state index in [9.17, 15) is 4.79 Å². The lowest BCUT2D eigenvalue weighted by molar-refractivity contribution is -0.142. The number of benzene rings is 1. The number of carboxylic acid groups (broad SMARTS) is 1. The van der Waals surface area contributed by atoms with Crippen LogP contribution in [0.3, 0.4) is 0 Å². The number of halogens is 1. The van der Waals surface area contributed by atoms with Gasteiger partial charge in [-0.15, -0.1) is 0 Å². The molecule has 1 aromatic carbocycles. The Labute approximate surface area is 111 Å². The number of nitrogens with one attached hydrogen (secondary N) is 1. The number of carboxylic acids is 1. The Morgan fingerprint density at radius 2 is 2.22 bits per heavy atom. The number of nitrogens with zero attached hydrogens (tertiary/aromatic N) is 1. The normalized spacial score (nSPS) is 11.9. The molecule has 2 N–H and O–H groups in total. The van der Waals surface area contributed by atoms with Crippen LogP contribution in [0.15, 0.2) is 18.2 Å². The van der Waals surface area contributed by atoms with Crippen molar-refractivity contribution in [2.75, 3.05) is 11.9 Å². The molecule has 0 saturated carbocycles. The third-order valence-electron chi connectivity index (χ3n) is 2.76. The van der Waals surface area contributed by atoms with E-state index in [2.05, 4.69) is 5.32 Å². The Bertz CT molecular complexity index is 480. The third-order valence-corrected chi connectivity index (χ3v) is 3.07. The molecule has 0 spiro atoms. The fourth-order valence-electron chi connectivity index (χ4n) is 1.61. The van der Waals surface area contributed by atoms with Crippen LogP contribution in [0, 0.1) is 23.2 Å². The Balaban J connectivity index is 2.84. The van der Waals surface area contributed by atoms with Gasteiger partial charge >= 0.3 is 5.97 Å². The maximum atomic E-state index is 11.1. The van der Waals surface area contributed by atoms with E-state index >= 15 is 0 Å². The Hall–Kier alpha value is -1.73. The number of rotatable bonds is 5. The number of nitriles is 1. The fourth-order valence-corrected chi connectivity index (χ4v) is 1.83. The van der Waals surface area contributed by atoms with Crippen molar-refractivity contribution in [2.24, 2.45) is 11.8 Å². The van der Waals surface area contributed by atoms with Crippen LogP contribution in [-0.4, -0.2) is 17.6 Å². The van der Waals surface area contributed by atoms with Gasteiger partial charge < -0.3 is 10.4 Å². The van der Waals surface area contributed by atoms with Crippen molar-refractivity contribution in [3.63, 3.8) is 0 Å². The van der Waals surface area contributed by atoms with E-state index in [1.54, 1.807) is 18.2 Å². The van der Waals surface area contributed by atoms with Crippen LogP contribution in [0.2, 0.25) is 5.02 Å². The lowest BCUT2D eigenvalue weighted by Gasteiger charge is -2.18. The van der Waals surface area contributed by atoms with Gasteiger partial charge in [0.1, 0.15) is 6.07 Å². The van der Waals surface area contributed by atoms with Crippen LogP contribution >= 0.6 is 11.6 Å². The molecular formula is C13H15ClN2O2. The van der Waals surface area contributed by atoms with Crippen LogP contribution in [0.4, 0.5) is 5.69 Å². The molecule has 0 heterocycles. The zero-order valence-electron chi connectivity index (χ0n) is 10.3. The molecule has 0 amide bonds. The Kier molecular flexibility index (Phi) is 4.99. The molecule has 18 heavy (non-hydrogen) atoms. The van der Waals surface area contributed by atoms with Gasteiger partial charge in [0, 0.05) is 6.54 Å². The summed E-state index contributed by atoms with van der Waals surface area (Å²) in [4.78, 5) is 11.1. The number of anilines is 1. The van der Waals surface area contributed by atoms with Crippen LogP contribution in [0.1, 0.15) is 19.4 Å². The van der Waals surface area contributed by atoms with E-state index in [1.165, 1.54) is 0 Å². The first-order valence-corrected chi connectivity index (χ1v) is 6.00. The van der Waals surface area contributed by atoms with Crippen molar-refractivity contribution in [1.29, 1.82) is 5.26 Å². The summed E-state index contributed by atoms with van der Waals surface area (Å²) < 4.78 is 0. The second kappa shape index (κ2) is 6.27. The molecule has 5 heteroatoms.